The van der Waals surface area contributed by atoms with Crippen LogP contribution in [0, 0.1) is 0 Å². The van der Waals surface area contributed by atoms with Gasteiger partial charge in [-0.15, -0.1) is 0 Å². The number of rotatable bonds is 6. The predicted molar refractivity (Wildman–Crippen MR) is 71.2 cm³/mol. The van der Waals surface area contributed by atoms with E-state index in [1.807, 2.05) is 6.07 Å². The van der Waals surface area contributed by atoms with E-state index in [1.165, 1.54) is 14.2 Å². The summed E-state index contributed by atoms with van der Waals surface area (Å²) in [4.78, 5) is 24.8. The van der Waals surface area contributed by atoms with Crippen LogP contribution in [0.3, 0.4) is 0 Å². The van der Waals surface area contributed by atoms with Crippen molar-refractivity contribution in [1.82, 2.24) is 4.90 Å². The minimum atomic E-state index is -0.266. The summed E-state index contributed by atoms with van der Waals surface area (Å²) in [7, 11) is 4.58. The lowest BCUT2D eigenvalue weighted by molar-refractivity contribution is -0.140. The maximum absolute atomic E-state index is 12.2. The molecule has 1 aromatic carbocycles. The standard InChI is InChI=1S/C14H19NO4/c1-15(10-6-9-13(16)19-3)14(17)11-7-4-5-8-12(11)18-2/h4-5,7-8H,6,9-10H2,1-3H3. The van der Waals surface area contributed by atoms with Crippen molar-refractivity contribution in [3.8, 4) is 5.75 Å². The number of para-hydroxylation sites is 1. The molecule has 5 nitrogen and oxygen atoms in total. The summed E-state index contributed by atoms with van der Waals surface area (Å²) in [5.74, 6) is 0.160. The molecule has 0 saturated heterocycles. The van der Waals surface area contributed by atoms with Crippen LogP contribution in [0.1, 0.15) is 23.2 Å². The monoisotopic (exact) mass is 265 g/mol. The summed E-state index contributed by atoms with van der Waals surface area (Å²) in [5.41, 5.74) is 0.519. The van der Waals surface area contributed by atoms with Gasteiger partial charge < -0.3 is 14.4 Å². The van der Waals surface area contributed by atoms with Gasteiger partial charge in [0.05, 0.1) is 19.8 Å². The summed E-state index contributed by atoms with van der Waals surface area (Å²) >= 11 is 0. The number of hydrogen-bond acceptors (Lipinski definition) is 4. The summed E-state index contributed by atoms with van der Waals surface area (Å²) in [6.45, 7) is 0.492. The maximum atomic E-state index is 12.2. The van der Waals surface area contributed by atoms with Crippen molar-refractivity contribution in [2.45, 2.75) is 12.8 Å². The summed E-state index contributed by atoms with van der Waals surface area (Å²) in [6.07, 6.45) is 0.879. The Bertz CT molecular complexity index is 445. The zero-order valence-corrected chi connectivity index (χ0v) is 11.5. The minimum Gasteiger partial charge on any atom is -0.496 e. The van der Waals surface area contributed by atoms with E-state index in [9.17, 15) is 9.59 Å². The fraction of sp³-hybridized carbons (Fsp3) is 0.429. The molecule has 0 heterocycles. The van der Waals surface area contributed by atoms with Crippen LogP contribution >= 0.6 is 0 Å². The first-order valence-electron chi connectivity index (χ1n) is 6.05. The van der Waals surface area contributed by atoms with Gasteiger partial charge in [0.2, 0.25) is 0 Å². The lowest BCUT2D eigenvalue weighted by Crippen LogP contribution is -2.28. The Morgan fingerprint density at radius 1 is 1.21 bits per heavy atom. The second-order valence-electron chi connectivity index (χ2n) is 4.11. The van der Waals surface area contributed by atoms with Crippen LogP contribution in [-0.4, -0.2) is 44.6 Å². The molecule has 5 heteroatoms. The van der Waals surface area contributed by atoms with Gasteiger partial charge in [0.15, 0.2) is 0 Å². The van der Waals surface area contributed by atoms with E-state index >= 15 is 0 Å². The third-order valence-electron chi connectivity index (χ3n) is 2.79. The molecule has 0 atom stereocenters. The average molecular weight is 265 g/mol. The third-order valence-corrected chi connectivity index (χ3v) is 2.79. The number of benzene rings is 1. The Kier molecular flexibility index (Phi) is 5.85. The maximum Gasteiger partial charge on any atom is 0.305 e. The lowest BCUT2D eigenvalue weighted by Gasteiger charge is -2.18. The number of esters is 1. The molecule has 0 spiro atoms. The zero-order valence-electron chi connectivity index (χ0n) is 11.5. The van der Waals surface area contributed by atoms with E-state index < -0.39 is 0 Å². The molecule has 0 N–H and O–H groups in total. The summed E-state index contributed by atoms with van der Waals surface area (Å²) in [5, 5.41) is 0. The van der Waals surface area contributed by atoms with E-state index in [0.717, 1.165) is 0 Å². The highest BCUT2D eigenvalue weighted by Crippen LogP contribution is 2.18. The van der Waals surface area contributed by atoms with E-state index in [-0.39, 0.29) is 11.9 Å². The summed E-state index contributed by atoms with van der Waals surface area (Å²) < 4.78 is 9.71. The first-order chi connectivity index (χ1) is 9.10. The molecule has 0 unspecified atom stereocenters. The van der Waals surface area contributed by atoms with Gasteiger partial charge >= 0.3 is 5.97 Å². The molecular formula is C14H19NO4. The quantitative estimate of drug-likeness (QED) is 0.735. The minimum absolute atomic E-state index is 0.123. The molecule has 0 radical (unpaired) electrons. The Labute approximate surface area is 113 Å². The first kappa shape index (κ1) is 15.0. The highest BCUT2D eigenvalue weighted by molar-refractivity contribution is 5.96. The highest BCUT2D eigenvalue weighted by atomic mass is 16.5. The molecule has 1 amide bonds. The molecule has 0 bridgehead atoms. The molecule has 0 aromatic heterocycles. The number of nitrogens with zero attached hydrogens (tertiary/aromatic N) is 1. The molecule has 0 aliphatic rings. The number of ether oxygens (including phenoxy) is 2. The molecule has 0 aliphatic carbocycles. The highest BCUT2D eigenvalue weighted by Gasteiger charge is 2.15. The van der Waals surface area contributed by atoms with Crippen molar-refractivity contribution in [3.05, 3.63) is 29.8 Å². The van der Waals surface area contributed by atoms with Crippen LogP contribution in [0.2, 0.25) is 0 Å². The van der Waals surface area contributed by atoms with Gasteiger partial charge in [-0.25, -0.2) is 0 Å². The lowest BCUT2D eigenvalue weighted by atomic mass is 10.1. The van der Waals surface area contributed by atoms with Crippen LogP contribution in [0.4, 0.5) is 0 Å². The second kappa shape index (κ2) is 7.41. The first-order valence-corrected chi connectivity index (χ1v) is 6.05. The average Bonchev–Trinajstić information content (AvgIpc) is 2.45. The molecule has 19 heavy (non-hydrogen) atoms. The van der Waals surface area contributed by atoms with Crippen LogP contribution < -0.4 is 4.74 Å². The molecule has 104 valence electrons. The van der Waals surface area contributed by atoms with Crippen LogP contribution in [-0.2, 0) is 9.53 Å². The van der Waals surface area contributed by atoms with Crippen LogP contribution in [0.25, 0.3) is 0 Å². The van der Waals surface area contributed by atoms with E-state index in [1.54, 1.807) is 30.1 Å². The number of amides is 1. The largest absolute Gasteiger partial charge is 0.496 e. The third kappa shape index (κ3) is 4.28. The molecule has 1 aromatic rings. The van der Waals surface area contributed by atoms with Crippen molar-refractivity contribution in [2.75, 3.05) is 27.8 Å². The van der Waals surface area contributed by atoms with E-state index in [0.29, 0.717) is 30.7 Å². The number of carbonyl (C=O) groups is 2. The fourth-order valence-electron chi connectivity index (χ4n) is 1.69. The Hall–Kier alpha value is -2.04. The van der Waals surface area contributed by atoms with Crippen molar-refractivity contribution >= 4 is 11.9 Å². The zero-order chi connectivity index (χ0) is 14.3. The Balaban J connectivity index is 2.59. The van der Waals surface area contributed by atoms with E-state index in [2.05, 4.69) is 4.74 Å². The smallest absolute Gasteiger partial charge is 0.305 e. The number of methoxy groups -OCH3 is 2. The molecule has 0 fully saturated rings. The van der Waals surface area contributed by atoms with Crippen molar-refractivity contribution in [3.63, 3.8) is 0 Å². The Morgan fingerprint density at radius 3 is 2.53 bits per heavy atom. The predicted octanol–water partition coefficient (Wildman–Crippen LogP) is 1.72. The van der Waals surface area contributed by atoms with Gasteiger partial charge in [0, 0.05) is 20.0 Å². The van der Waals surface area contributed by atoms with Crippen molar-refractivity contribution in [2.24, 2.45) is 0 Å². The SMILES string of the molecule is COC(=O)CCCN(C)C(=O)c1ccccc1OC. The molecular weight excluding hydrogens is 246 g/mol. The normalized spacial score (nSPS) is 9.84. The summed E-state index contributed by atoms with van der Waals surface area (Å²) in [6, 6.07) is 7.07. The van der Waals surface area contributed by atoms with Crippen molar-refractivity contribution < 1.29 is 19.1 Å². The molecule has 0 saturated carbocycles. The van der Waals surface area contributed by atoms with Gasteiger partial charge in [-0.1, -0.05) is 12.1 Å². The van der Waals surface area contributed by atoms with Gasteiger partial charge in [-0.3, -0.25) is 9.59 Å². The number of carbonyl (C=O) groups excluding carboxylic acids is 2. The second-order valence-corrected chi connectivity index (χ2v) is 4.11. The van der Waals surface area contributed by atoms with Crippen LogP contribution in [0.15, 0.2) is 24.3 Å². The van der Waals surface area contributed by atoms with Gasteiger partial charge in [-0.2, -0.15) is 0 Å². The molecule has 0 aliphatic heterocycles. The molecule has 1 rings (SSSR count). The van der Waals surface area contributed by atoms with Gasteiger partial charge in [0.1, 0.15) is 5.75 Å². The van der Waals surface area contributed by atoms with Crippen LogP contribution in [0.5, 0.6) is 5.75 Å². The fourth-order valence-corrected chi connectivity index (χ4v) is 1.69. The van der Waals surface area contributed by atoms with E-state index in [4.69, 9.17) is 4.74 Å². The Morgan fingerprint density at radius 2 is 1.89 bits per heavy atom. The topological polar surface area (TPSA) is 55.8 Å². The van der Waals surface area contributed by atoms with Crippen molar-refractivity contribution in [1.29, 1.82) is 0 Å². The number of hydrogen-bond donors (Lipinski definition) is 0. The van der Waals surface area contributed by atoms with Gasteiger partial charge in [-0.05, 0) is 18.6 Å². The van der Waals surface area contributed by atoms with Gasteiger partial charge in [0.25, 0.3) is 5.91 Å².